The standard InChI is InChI=1S/C22H29BrClNO.ClH/c1-21(2,3)15-22(4,5)25-13-17-8-11-20(19(23)12-17)26-14-16-6-9-18(24)10-7-16;/h6-12,25H,13-15H2,1-5H3;1H. The SMILES string of the molecule is CC(C)(C)CC(C)(C)NCc1ccc(OCc2ccc(Cl)cc2)c(Br)c1.Cl. The van der Waals surface area contributed by atoms with Gasteiger partial charge in [0.25, 0.3) is 0 Å². The Morgan fingerprint density at radius 1 is 0.963 bits per heavy atom. The van der Waals surface area contributed by atoms with E-state index in [0.29, 0.717) is 12.0 Å². The molecule has 27 heavy (non-hydrogen) atoms. The maximum absolute atomic E-state index is 5.92. The summed E-state index contributed by atoms with van der Waals surface area (Å²) in [5.41, 5.74) is 2.72. The highest BCUT2D eigenvalue weighted by atomic mass is 79.9. The Morgan fingerprint density at radius 2 is 1.56 bits per heavy atom. The zero-order valence-corrected chi connectivity index (χ0v) is 19.9. The smallest absolute Gasteiger partial charge is 0.134 e. The van der Waals surface area contributed by atoms with Crippen LogP contribution in [0.3, 0.4) is 0 Å². The predicted octanol–water partition coefficient (Wildman–Crippen LogP) is 7.41. The zero-order chi connectivity index (χ0) is 19.4. The van der Waals surface area contributed by atoms with Crippen molar-refractivity contribution in [2.75, 3.05) is 0 Å². The molecule has 0 heterocycles. The summed E-state index contributed by atoms with van der Waals surface area (Å²) in [6, 6.07) is 14.0. The van der Waals surface area contributed by atoms with Crippen LogP contribution in [0.15, 0.2) is 46.9 Å². The summed E-state index contributed by atoms with van der Waals surface area (Å²) in [7, 11) is 0. The summed E-state index contributed by atoms with van der Waals surface area (Å²) >= 11 is 9.54. The molecule has 150 valence electrons. The van der Waals surface area contributed by atoms with Gasteiger partial charge in [-0.1, -0.05) is 50.6 Å². The Kier molecular flexibility index (Phi) is 9.14. The first kappa shape index (κ1) is 24.3. The van der Waals surface area contributed by atoms with Crippen molar-refractivity contribution < 1.29 is 4.74 Å². The van der Waals surface area contributed by atoms with Crippen molar-refractivity contribution in [1.29, 1.82) is 0 Å². The molecular weight excluding hydrogens is 445 g/mol. The van der Waals surface area contributed by atoms with Gasteiger partial charge in [-0.05, 0) is 77.0 Å². The average Bonchev–Trinajstić information content (AvgIpc) is 2.51. The minimum atomic E-state index is 0. The Hall–Kier alpha value is -0.740. The third kappa shape index (κ3) is 8.87. The highest BCUT2D eigenvalue weighted by molar-refractivity contribution is 9.10. The van der Waals surface area contributed by atoms with E-state index in [1.54, 1.807) is 0 Å². The van der Waals surface area contributed by atoms with Crippen LogP contribution >= 0.6 is 39.9 Å². The predicted molar refractivity (Wildman–Crippen MR) is 122 cm³/mol. The Morgan fingerprint density at radius 3 is 2.11 bits per heavy atom. The third-order valence-corrected chi connectivity index (χ3v) is 4.92. The van der Waals surface area contributed by atoms with Crippen LogP contribution in [-0.2, 0) is 13.2 Å². The van der Waals surface area contributed by atoms with Crippen LogP contribution in [-0.4, -0.2) is 5.54 Å². The van der Waals surface area contributed by atoms with Crippen molar-refractivity contribution in [3.8, 4) is 5.75 Å². The molecule has 1 N–H and O–H groups in total. The molecule has 2 nitrogen and oxygen atoms in total. The first-order valence-electron chi connectivity index (χ1n) is 8.95. The van der Waals surface area contributed by atoms with Gasteiger partial charge in [0.2, 0.25) is 0 Å². The van der Waals surface area contributed by atoms with Gasteiger partial charge in [-0.25, -0.2) is 0 Å². The zero-order valence-electron chi connectivity index (χ0n) is 16.7. The van der Waals surface area contributed by atoms with Gasteiger partial charge >= 0.3 is 0 Å². The fourth-order valence-electron chi connectivity index (χ4n) is 3.24. The Balaban J connectivity index is 0.00000364. The van der Waals surface area contributed by atoms with Crippen LogP contribution in [0, 0.1) is 5.41 Å². The quantitative estimate of drug-likeness (QED) is 0.451. The summed E-state index contributed by atoms with van der Waals surface area (Å²) in [5.74, 6) is 0.845. The molecular formula is C22H30BrCl2NO. The fourth-order valence-corrected chi connectivity index (χ4v) is 3.91. The number of hydrogen-bond donors (Lipinski definition) is 1. The molecule has 0 fully saturated rings. The summed E-state index contributed by atoms with van der Waals surface area (Å²) in [6.45, 7) is 12.7. The first-order valence-corrected chi connectivity index (χ1v) is 10.1. The van der Waals surface area contributed by atoms with Crippen molar-refractivity contribution in [1.82, 2.24) is 5.32 Å². The van der Waals surface area contributed by atoms with E-state index < -0.39 is 0 Å². The van der Waals surface area contributed by atoms with Gasteiger partial charge < -0.3 is 10.1 Å². The molecule has 0 atom stereocenters. The lowest BCUT2D eigenvalue weighted by atomic mass is 9.82. The van der Waals surface area contributed by atoms with Crippen LogP contribution in [0.4, 0.5) is 0 Å². The molecule has 0 aliphatic heterocycles. The van der Waals surface area contributed by atoms with Crippen molar-refractivity contribution >= 4 is 39.9 Å². The van der Waals surface area contributed by atoms with Crippen molar-refractivity contribution in [2.45, 2.75) is 59.7 Å². The van der Waals surface area contributed by atoms with Gasteiger partial charge in [-0.15, -0.1) is 12.4 Å². The third-order valence-electron chi connectivity index (χ3n) is 4.05. The molecule has 0 aliphatic carbocycles. The molecule has 0 saturated heterocycles. The van der Waals surface area contributed by atoms with Gasteiger partial charge in [0.1, 0.15) is 12.4 Å². The molecule has 2 aromatic carbocycles. The number of nitrogens with one attached hydrogen (secondary N) is 1. The lowest BCUT2D eigenvalue weighted by Crippen LogP contribution is -2.41. The van der Waals surface area contributed by atoms with E-state index in [1.165, 1.54) is 5.56 Å². The topological polar surface area (TPSA) is 21.3 Å². The fraction of sp³-hybridized carbons (Fsp3) is 0.455. The van der Waals surface area contributed by atoms with Gasteiger partial charge in [0, 0.05) is 17.1 Å². The highest BCUT2D eigenvalue weighted by Gasteiger charge is 2.24. The largest absolute Gasteiger partial charge is 0.488 e. The Bertz CT molecular complexity index is 724. The van der Waals surface area contributed by atoms with Crippen LogP contribution < -0.4 is 10.1 Å². The van der Waals surface area contributed by atoms with Gasteiger partial charge in [-0.3, -0.25) is 0 Å². The molecule has 0 unspecified atom stereocenters. The van der Waals surface area contributed by atoms with E-state index in [2.05, 4.69) is 68.0 Å². The van der Waals surface area contributed by atoms with Gasteiger partial charge in [0.05, 0.1) is 4.47 Å². The van der Waals surface area contributed by atoms with Crippen LogP contribution in [0.5, 0.6) is 5.75 Å². The second kappa shape index (κ2) is 10.2. The maximum atomic E-state index is 5.92. The van der Waals surface area contributed by atoms with Crippen molar-refractivity contribution in [2.24, 2.45) is 5.41 Å². The molecule has 5 heteroatoms. The molecule has 0 aromatic heterocycles. The average molecular weight is 475 g/mol. The second-order valence-electron chi connectivity index (χ2n) is 8.65. The summed E-state index contributed by atoms with van der Waals surface area (Å²) < 4.78 is 6.89. The molecule has 0 amide bonds. The van der Waals surface area contributed by atoms with Crippen molar-refractivity contribution in [3.63, 3.8) is 0 Å². The summed E-state index contributed by atoms with van der Waals surface area (Å²) in [6.07, 6.45) is 1.11. The number of hydrogen-bond acceptors (Lipinski definition) is 2. The molecule has 2 rings (SSSR count). The number of halogens is 3. The van der Waals surface area contributed by atoms with Crippen LogP contribution in [0.25, 0.3) is 0 Å². The van der Waals surface area contributed by atoms with Crippen LogP contribution in [0.1, 0.15) is 52.2 Å². The van der Waals surface area contributed by atoms with E-state index in [-0.39, 0.29) is 17.9 Å². The minimum absolute atomic E-state index is 0. The molecule has 0 spiro atoms. The number of rotatable bonds is 7. The lowest BCUT2D eigenvalue weighted by molar-refractivity contribution is 0.240. The highest BCUT2D eigenvalue weighted by Crippen LogP contribution is 2.29. The number of benzene rings is 2. The first-order chi connectivity index (χ1) is 12.0. The van der Waals surface area contributed by atoms with E-state index in [1.807, 2.05) is 30.3 Å². The second-order valence-corrected chi connectivity index (χ2v) is 9.95. The van der Waals surface area contributed by atoms with E-state index in [9.17, 15) is 0 Å². The normalized spacial score (nSPS) is 11.8. The number of ether oxygens (including phenoxy) is 1. The van der Waals surface area contributed by atoms with Crippen LogP contribution in [0.2, 0.25) is 5.02 Å². The molecule has 2 aromatic rings. The molecule has 0 saturated carbocycles. The van der Waals surface area contributed by atoms with Gasteiger partial charge in [0.15, 0.2) is 0 Å². The van der Waals surface area contributed by atoms with E-state index in [4.69, 9.17) is 16.3 Å². The van der Waals surface area contributed by atoms with Gasteiger partial charge in [-0.2, -0.15) is 0 Å². The molecule has 0 aliphatic rings. The minimum Gasteiger partial charge on any atom is -0.488 e. The van der Waals surface area contributed by atoms with E-state index in [0.717, 1.165) is 33.8 Å². The van der Waals surface area contributed by atoms with Crippen molar-refractivity contribution in [3.05, 3.63) is 63.1 Å². The summed E-state index contributed by atoms with van der Waals surface area (Å²) in [4.78, 5) is 0. The maximum Gasteiger partial charge on any atom is 0.134 e. The lowest BCUT2D eigenvalue weighted by Gasteiger charge is -2.33. The Labute approximate surface area is 183 Å². The van der Waals surface area contributed by atoms with E-state index >= 15 is 0 Å². The molecule has 0 radical (unpaired) electrons. The summed E-state index contributed by atoms with van der Waals surface area (Å²) in [5, 5.41) is 4.40. The molecule has 0 bridgehead atoms. The monoisotopic (exact) mass is 473 g/mol.